The molecule has 6 aromatic rings. The molecular weight excluding hydrogens is 926 g/mol. The van der Waals surface area contributed by atoms with Gasteiger partial charge in [0.25, 0.3) is 5.56 Å². The number of fused-ring (bicyclic) bond motifs is 5. The highest BCUT2D eigenvalue weighted by Crippen LogP contribution is 2.45. The maximum absolute atomic E-state index is 13.8. The van der Waals surface area contributed by atoms with Crippen molar-refractivity contribution in [2.75, 3.05) is 52.6 Å². The molecule has 2 fully saturated rings. The molecule has 16 heteroatoms. The zero-order valence-corrected chi connectivity index (χ0v) is 42.1. The molecule has 2 N–H and O–H groups in total. The summed E-state index contributed by atoms with van der Waals surface area (Å²) in [5.74, 6) is 6.61. The van der Waals surface area contributed by atoms with Crippen molar-refractivity contribution >= 4 is 45.7 Å². The van der Waals surface area contributed by atoms with E-state index in [1.165, 1.54) is 21.8 Å². The van der Waals surface area contributed by atoms with E-state index in [2.05, 4.69) is 73.8 Å². The minimum absolute atomic E-state index is 0.0781. The Hall–Kier alpha value is -5.73. The number of nitrogens with one attached hydrogen (secondary N) is 1. The van der Waals surface area contributed by atoms with Gasteiger partial charge >= 0.3 is 0 Å². The summed E-state index contributed by atoms with van der Waals surface area (Å²) in [4.78, 5) is 54.4. The largest absolute Gasteiger partial charge is 0.391 e. The lowest BCUT2D eigenvalue weighted by atomic mass is 9.83. The van der Waals surface area contributed by atoms with Crippen LogP contribution in [0.25, 0.3) is 27.0 Å². The lowest BCUT2D eigenvalue weighted by Gasteiger charge is -2.32. The van der Waals surface area contributed by atoms with Gasteiger partial charge in [-0.2, -0.15) is 4.98 Å². The normalized spacial score (nSPS) is 18.7. The number of nitrogens with zero attached hydrogens (tertiary/aromatic N) is 6. The number of ether oxygens (including phenoxy) is 2. The molecule has 3 aromatic heterocycles. The number of hydrogen-bond acceptors (Lipinski definition) is 12. The second-order valence-corrected chi connectivity index (χ2v) is 20.8. The topological polar surface area (TPSA) is 165 Å². The van der Waals surface area contributed by atoms with Gasteiger partial charge in [0.1, 0.15) is 35.8 Å². The molecule has 4 atom stereocenters. The maximum Gasteiger partial charge on any atom is 0.282 e. The van der Waals surface area contributed by atoms with Gasteiger partial charge < -0.3 is 34.2 Å². The van der Waals surface area contributed by atoms with Gasteiger partial charge in [-0.15, -0.1) is 11.3 Å². The number of aromatic nitrogens is 4. The zero-order chi connectivity index (χ0) is 49.3. The Morgan fingerprint density at radius 2 is 1.80 bits per heavy atom. The van der Waals surface area contributed by atoms with E-state index in [1.807, 2.05) is 57.2 Å². The summed E-state index contributed by atoms with van der Waals surface area (Å²) in [5.41, 5.74) is 8.64. The molecule has 70 heavy (non-hydrogen) atoms. The van der Waals surface area contributed by atoms with Crippen LogP contribution in [0.5, 0.6) is 0 Å². The quantitative estimate of drug-likeness (QED) is 0.0758. The number of aliphatic hydroxyl groups excluding tert-OH is 1. The number of likely N-dealkylation sites (tertiary alicyclic amines) is 2. The zero-order valence-electron chi connectivity index (χ0n) is 40.5. The summed E-state index contributed by atoms with van der Waals surface area (Å²) in [6, 6.07) is 20.9. The van der Waals surface area contributed by atoms with Gasteiger partial charge in [0.15, 0.2) is 0 Å². The van der Waals surface area contributed by atoms with Crippen molar-refractivity contribution in [2.45, 2.75) is 96.2 Å². The molecule has 6 heterocycles. The molecule has 3 aliphatic heterocycles. The van der Waals surface area contributed by atoms with Crippen molar-refractivity contribution in [3.8, 4) is 28.0 Å². The molecule has 0 radical (unpaired) electrons. The fraction of sp³-hybridized carbons (Fsp3) is 0.444. The third-order valence-corrected chi connectivity index (χ3v) is 15.3. The average Bonchev–Trinajstić information content (AvgIpc) is 4.14. The molecule has 366 valence electrons. The number of rotatable bonds is 15. The fourth-order valence-corrected chi connectivity index (χ4v) is 11.3. The van der Waals surface area contributed by atoms with E-state index in [-0.39, 0.29) is 48.9 Å². The lowest BCUT2D eigenvalue weighted by molar-refractivity contribution is -0.141. The third-order valence-electron chi connectivity index (χ3n) is 14.1. The Kier molecular flexibility index (Phi) is 14.7. The summed E-state index contributed by atoms with van der Waals surface area (Å²) in [7, 11) is 0. The number of β-amino-alcohol motifs (C(OH)–C–C–N with tert-alkyl or cyclic N) is 1. The van der Waals surface area contributed by atoms with Crippen LogP contribution in [0, 0.1) is 24.7 Å². The van der Waals surface area contributed by atoms with Gasteiger partial charge in [0.2, 0.25) is 11.8 Å². The van der Waals surface area contributed by atoms with Crippen LogP contribution in [-0.4, -0.2) is 111 Å². The van der Waals surface area contributed by atoms with Crippen molar-refractivity contribution in [1.82, 2.24) is 34.8 Å². The highest BCUT2D eigenvalue weighted by Gasteiger charge is 2.44. The molecule has 2 saturated heterocycles. The van der Waals surface area contributed by atoms with Crippen LogP contribution < -0.4 is 10.9 Å². The molecule has 3 aliphatic rings. The minimum Gasteiger partial charge on any atom is -0.391 e. The summed E-state index contributed by atoms with van der Waals surface area (Å²) in [5, 5.41) is 18.5. The van der Waals surface area contributed by atoms with Gasteiger partial charge in [-0.3, -0.25) is 19.0 Å². The molecular formula is C54H60ClN7O7S. The second kappa shape index (κ2) is 20.9. The number of piperidine rings is 1. The summed E-state index contributed by atoms with van der Waals surface area (Å²) >= 11 is 8.01. The number of carbonyl (C=O) groups excluding carboxylic acids is 2. The summed E-state index contributed by atoms with van der Waals surface area (Å²) < 4.78 is 19.3. The monoisotopic (exact) mass is 985 g/mol. The van der Waals surface area contributed by atoms with Crippen LogP contribution >= 0.6 is 22.9 Å². The summed E-state index contributed by atoms with van der Waals surface area (Å²) in [6.45, 7) is 16.6. The van der Waals surface area contributed by atoms with Gasteiger partial charge in [-0.1, -0.05) is 79.0 Å². The van der Waals surface area contributed by atoms with E-state index in [1.54, 1.807) is 24.6 Å². The van der Waals surface area contributed by atoms with Crippen LogP contribution in [0.1, 0.15) is 111 Å². The number of hydrogen-bond donors (Lipinski definition) is 2. The number of thiazole rings is 1. The van der Waals surface area contributed by atoms with Crippen molar-refractivity contribution in [3.63, 3.8) is 0 Å². The number of aliphatic hydroxyl groups is 1. The molecule has 0 saturated carbocycles. The van der Waals surface area contributed by atoms with Gasteiger partial charge in [0, 0.05) is 25.6 Å². The Labute approximate surface area is 417 Å². The highest BCUT2D eigenvalue weighted by atomic mass is 35.5. The van der Waals surface area contributed by atoms with Crippen molar-refractivity contribution in [1.29, 1.82) is 0 Å². The maximum atomic E-state index is 13.8. The SMILES string of the molecule is Cc1cc(C(C(=O)N2C[C@H](O)C[C@H]2C(=O)N[C@@H](C)c2ccc(-c3scnc3C#CCOCCOCCN3CCC(c4ccc5c(c4)-n4c(nc(=O)c6c(Cl)cccc64)C5(C)C)CC3)cc2)C(C)C)on1. The van der Waals surface area contributed by atoms with Gasteiger partial charge in [0.05, 0.1) is 75.1 Å². The Bertz CT molecular complexity index is 3000. The number of aryl methyl sites for hydroxylation is 1. The van der Waals surface area contributed by atoms with Crippen LogP contribution in [0.15, 0.2) is 81.6 Å². The van der Waals surface area contributed by atoms with Gasteiger partial charge in [-0.25, -0.2) is 4.98 Å². The first-order valence-electron chi connectivity index (χ1n) is 24.2. The van der Waals surface area contributed by atoms with Crippen molar-refractivity contribution in [3.05, 3.63) is 127 Å². The molecule has 14 nitrogen and oxygen atoms in total. The number of halogens is 1. The van der Waals surface area contributed by atoms with E-state index in [9.17, 15) is 19.5 Å². The predicted molar refractivity (Wildman–Crippen MR) is 270 cm³/mol. The smallest absolute Gasteiger partial charge is 0.282 e. The van der Waals surface area contributed by atoms with Crippen molar-refractivity contribution in [2.24, 2.45) is 5.92 Å². The first kappa shape index (κ1) is 49.3. The molecule has 9 rings (SSSR count). The average molecular weight is 987 g/mol. The number of amides is 2. The van der Waals surface area contributed by atoms with E-state index in [0.717, 1.165) is 71.1 Å². The van der Waals surface area contributed by atoms with Crippen LogP contribution in [0.2, 0.25) is 5.02 Å². The van der Waals surface area contributed by atoms with Crippen LogP contribution in [0.3, 0.4) is 0 Å². The number of carbonyl (C=O) groups is 2. The lowest BCUT2D eigenvalue weighted by Crippen LogP contribution is -2.48. The molecule has 0 spiro atoms. The predicted octanol–water partition coefficient (Wildman–Crippen LogP) is 7.94. The fourth-order valence-electron chi connectivity index (χ4n) is 10.3. The van der Waals surface area contributed by atoms with Gasteiger partial charge in [-0.05, 0) is 112 Å². The first-order chi connectivity index (χ1) is 33.7. The Morgan fingerprint density at radius 1 is 1.03 bits per heavy atom. The molecule has 3 aromatic carbocycles. The van der Waals surface area contributed by atoms with Crippen LogP contribution in [0.4, 0.5) is 0 Å². The molecule has 2 amide bonds. The van der Waals surface area contributed by atoms with E-state index in [0.29, 0.717) is 53.3 Å². The first-order valence-corrected chi connectivity index (χ1v) is 25.4. The van der Waals surface area contributed by atoms with E-state index in [4.69, 9.17) is 25.6 Å². The molecule has 0 aliphatic carbocycles. The summed E-state index contributed by atoms with van der Waals surface area (Å²) in [6.07, 6.45) is 1.47. The second-order valence-electron chi connectivity index (χ2n) is 19.6. The Balaban J connectivity index is 0.697. The highest BCUT2D eigenvalue weighted by molar-refractivity contribution is 7.13. The van der Waals surface area contributed by atoms with Crippen molar-refractivity contribution < 1.29 is 28.7 Å². The van der Waals surface area contributed by atoms with E-state index >= 15 is 0 Å². The molecule has 1 unspecified atom stereocenters. The standard InChI is InChI=1S/C54H60ClN7O7S/c1-32(2)47(46-27-33(3)59-69-46)52(66)61-30-39(63)29-45(61)50(64)57-34(4)35-12-14-37(15-13-35)49-42(56-31-70-49)10-8-23-67-25-26-68-24-22-60-20-18-36(19-21-60)38-16-17-40-44(28-38)62-43-11-7-9-41(55)48(43)51(65)58-53(62)54(40,5)6/h7,9,11-17,27-28,31-32,34,36,39,45,47,63H,18-26,29-30H2,1-6H3,(H,57,64)/t34-,39+,45-,47?/m0/s1. The molecule has 0 bridgehead atoms. The third kappa shape index (κ3) is 10.1. The minimum atomic E-state index is -0.805. The van der Waals surface area contributed by atoms with Crippen LogP contribution in [-0.2, 0) is 24.5 Å². The number of benzene rings is 3. The Morgan fingerprint density at radius 3 is 2.54 bits per heavy atom. The van der Waals surface area contributed by atoms with E-state index < -0.39 is 23.5 Å².